The zero-order chi connectivity index (χ0) is 15.4. The molecule has 1 unspecified atom stereocenters. The third-order valence-electron chi connectivity index (χ3n) is 3.16. The summed E-state index contributed by atoms with van der Waals surface area (Å²) in [6.45, 7) is 3.73. The molecule has 0 aliphatic carbocycles. The Hall–Kier alpha value is 0.380. The Morgan fingerprint density at radius 2 is 1.52 bits per heavy atom. The maximum absolute atomic E-state index is 11.4. The van der Waals surface area contributed by atoms with E-state index in [4.69, 9.17) is 9.29 Å². The molecule has 0 aliphatic heterocycles. The van der Waals surface area contributed by atoms with Crippen molar-refractivity contribution in [2.45, 2.75) is 83.5 Å². The molecule has 0 radical (unpaired) electrons. The van der Waals surface area contributed by atoms with Crippen LogP contribution >= 0.6 is 0 Å². The van der Waals surface area contributed by atoms with Crippen LogP contribution in [0.15, 0.2) is 0 Å². The van der Waals surface area contributed by atoms with Crippen LogP contribution in [0.1, 0.15) is 79.5 Å². The summed E-state index contributed by atoms with van der Waals surface area (Å²) in [5.41, 5.74) is -1.43. The van der Waals surface area contributed by atoms with Crippen molar-refractivity contribution in [2.24, 2.45) is 0 Å². The van der Waals surface area contributed by atoms with E-state index in [1.54, 1.807) is 6.92 Å². The molecule has 0 fully saturated rings. The number of hydrogen-bond donors (Lipinski definition) is 1. The van der Waals surface area contributed by atoms with Gasteiger partial charge in [-0.3, -0.25) is 9.35 Å². The molecule has 7 heteroatoms. The number of carbonyl (C=O) groups is 1. The van der Waals surface area contributed by atoms with E-state index in [9.17, 15) is 13.2 Å². The van der Waals surface area contributed by atoms with Gasteiger partial charge in [0.25, 0.3) is 0 Å². The first-order chi connectivity index (χ1) is 9.41. The van der Waals surface area contributed by atoms with E-state index < -0.39 is 21.5 Å². The van der Waals surface area contributed by atoms with Crippen LogP contribution in [0.3, 0.4) is 0 Å². The number of unbranched alkanes of at least 4 members (excludes halogenated alkanes) is 7. The van der Waals surface area contributed by atoms with Crippen LogP contribution in [0.2, 0.25) is 0 Å². The number of hydrogen-bond acceptors (Lipinski definition) is 4. The molecule has 21 heavy (non-hydrogen) atoms. The van der Waals surface area contributed by atoms with Crippen LogP contribution in [0.4, 0.5) is 0 Å². The van der Waals surface area contributed by atoms with Gasteiger partial charge in [0, 0.05) is 6.42 Å². The number of carbonyl (C=O) groups excluding carboxylic acids is 1. The fourth-order valence-corrected chi connectivity index (χ4v) is 2.61. The third kappa shape index (κ3) is 13.7. The Bertz CT molecular complexity index is 362. The predicted octanol–water partition coefficient (Wildman–Crippen LogP) is 0.801. The first-order valence-electron chi connectivity index (χ1n) is 7.57. The molecule has 0 bridgehead atoms. The summed E-state index contributed by atoms with van der Waals surface area (Å²) in [6.07, 6.45) is 9.20. The van der Waals surface area contributed by atoms with Gasteiger partial charge in [0.05, 0.1) is 0 Å². The fraction of sp³-hybridized carbons (Fsp3) is 0.929. The van der Waals surface area contributed by atoms with E-state index >= 15 is 0 Å². The summed E-state index contributed by atoms with van der Waals surface area (Å²) in [6, 6.07) is 0. The Kier molecular flexibility index (Phi) is 15.8. The zero-order valence-corrected chi connectivity index (χ0v) is 16.5. The first-order valence-corrected chi connectivity index (χ1v) is 9.07. The van der Waals surface area contributed by atoms with E-state index in [0.29, 0.717) is 6.42 Å². The van der Waals surface area contributed by atoms with Crippen molar-refractivity contribution in [3.8, 4) is 0 Å². The molecule has 0 aromatic heterocycles. The van der Waals surface area contributed by atoms with E-state index in [1.807, 2.05) is 0 Å². The maximum atomic E-state index is 11.4. The van der Waals surface area contributed by atoms with Crippen LogP contribution in [-0.2, 0) is 19.6 Å². The second kappa shape index (κ2) is 14.0. The summed E-state index contributed by atoms with van der Waals surface area (Å²) >= 11 is 0. The van der Waals surface area contributed by atoms with Crippen molar-refractivity contribution < 1.29 is 53.5 Å². The molecule has 0 saturated heterocycles. The minimum absolute atomic E-state index is 0. The Labute approximate surface area is 152 Å². The molecule has 0 amide bonds. The SMILES string of the molecule is CCCCCCCCCCC(=O)OC(CC)S(=O)(=O)O.[H-].[Na+]. The molecule has 1 atom stereocenters. The van der Waals surface area contributed by atoms with Crippen LogP contribution < -0.4 is 29.6 Å². The van der Waals surface area contributed by atoms with Gasteiger partial charge in [-0.2, -0.15) is 8.42 Å². The van der Waals surface area contributed by atoms with E-state index in [1.165, 1.54) is 32.1 Å². The predicted molar refractivity (Wildman–Crippen MR) is 80.1 cm³/mol. The first kappa shape index (κ1) is 23.6. The van der Waals surface area contributed by atoms with E-state index in [-0.39, 0.29) is 43.8 Å². The summed E-state index contributed by atoms with van der Waals surface area (Å²) in [5, 5.41) is 0. The molecule has 0 aromatic carbocycles. The van der Waals surface area contributed by atoms with Gasteiger partial charge in [0.2, 0.25) is 5.44 Å². The van der Waals surface area contributed by atoms with Crippen molar-refractivity contribution in [3.63, 3.8) is 0 Å². The van der Waals surface area contributed by atoms with Gasteiger partial charge in [0.1, 0.15) is 0 Å². The van der Waals surface area contributed by atoms with Crippen LogP contribution in [-0.4, -0.2) is 24.4 Å². The van der Waals surface area contributed by atoms with Crippen LogP contribution in [0.5, 0.6) is 0 Å². The van der Waals surface area contributed by atoms with E-state index in [0.717, 1.165) is 12.8 Å². The summed E-state index contributed by atoms with van der Waals surface area (Å²) in [7, 11) is -4.30. The molecule has 1 N–H and O–H groups in total. The molecule has 0 spiro atoms. The summed E-state index contributed by atoms with van der Waals surface area (Å²) in [5.74, 6) is -0.555. The van der Waals surface area contributed by atoms with Gasteiger partial charge in [-0.15, -0.1) is 0 Å². The topological polar surface area (TPSA) is 80.7 Å². The van der Waals surface area contributed by atoms with E-state index in [2.05, 4.69) is 6.92 Å². The number of ether oxygens (including phenoxy) is 1. The van der Waals surface area contributed by atoms with Crippen molar-refractivity contribution in [1.82, 2.24) is 0 Å². The van der Waals surface area contributed by atoms with Gasteiger partial charge in [0.15, 0.2) is 0 Å². The van der Waals surface area contributed by atoms with Crippen molar-refractivity contribution >= 4 is 16.1 Å². The number of rotatable bonds is 12. The smallest absolute Gasteiger partial charge is 1.00 e. The quantitative estimate of drug-likeness (QED) is 0.247. The largest absolute Gasteiger partial charge is 1.00 e. The molecular formula is C14H29NaO5S. The molecule has 0 rings (SSSR count). The zero-order valence-electron chi connectivity index (χ0n) is 14.6. The summed E-state index contributed by atoms with van der Waals surface area (Å²) in [4.78, 5) is 11.4. The monoisotopic (exact) mass is 332 g/mol. The molecule has 0 aromatic rings. The third-order valence-corrected chi connectivity index (χ3v) is 4.26. The van der Waals surface area contributed by atoms with Crippen molar-refractivity contribution in [2.75, 3.05) is 0 Å². The van der Waals surface area contributed by atoms with Gasteiger partial charge < -0.3 is 6.16 Å². The fourth-order valence-electron chi connectivity index (χ4n) is 1.96. The molecule has 0 heterocycles. The molecule has 122 valence electrons. The van der Waals surface area contributed by atoms with Gasteiger partial charge >= 0.3 is 45.6 Å². The average Bonchev–Trinajstić information content (AvgIpc) is 2.37. The van der Waals surface area contributed by atoms with Crippen molar-refractivity contribution in [3.05, 3.63) is 0 Å². The Morgan fingerprint density at radius 1 is 1.05 bits per heavy atom. The second-order valence-electron chi connectivity index (χ2n) is 5.07. The Balaban J connectivity index is -0.00000180. The van der Waals surface area contributed by atoms with Crippen LogP contribution in [0.25, 0.3) is 0 Å². The van der Waals surface area contributed by atoms with Gasteiger partial charge in [-0.1, -0.05) is 58.8 Å². The van der Waals surface area contributed by atoms with Gasteiger partial charge in [-0.25, -0.2) is 0 Å². The van der Waals surface area contributed by atoms with Gasteiger partial charge in [-0.05, 0) is 12.8 Å². The summed E-state index contributed by atoms with van der Waals surface area (Å²) < 4.78 is 35.3. The minimum Gasteiger partial charge on any atom is -1.00 e. The average molecular weight is 332 g/mol. The molecular weight excluding hydrogens is 303 g/mol. The van der Waals surface area contributed by atoms with Crippen molar-refractivity contribution in [1.29, 1.82) is 0 Å². The number of esters is 1. The Morgan fingerprint density at radius 3 is 1.95 bits per heavy atom. The standard InChI is InChI=1S/C14H28O5S.Na.H/c1-3-5-6-7-8-9-10-11-12-13(15)19-14(4-2)20(16,17)18;;/h14H,3-12H2,1-2H3,(H,16,17,18);;/q;+1;-1. The maximum Gasteiger partial charge on any atom is 1.00 e. The second-order valence-corrected chi connectivity index (χ2v) is 6.62. The molecule has 0 aliphatic rings. The minimum atomic E-state index is -4.30. The normalized spacial score (nSPS) is 12.5. The molecule has 0 saturated carbocycles. The molecule has 5 nitrogen and oxygen atoms in total. The van der Waals surface area contributed by atoms with Crippen LogP contribution in [0, 0.1) is 0 Å².